The van der Waals surface area contributed by atoms with Crippen LogP contribution in [0.2, 0.25) is 0 Å². The molecule has 0 saturated carbocycles. The largest absolute Gasteiger partial charge is 0.382 e. The second kappa shape index (κ2) is 7.54. The third-order valence-electron chi connectivity index (χ3n) is 3.63. The number of unbranched alkanes of at least 4 members (excludes halogenated alkanes) is 3. The van der Waals surface area contributed by atoms with Gasteiger partial charge in [0.2, 0.25) is 0 Å². The van der Waals surface area contributed by atoms with Crippen molar-refractivity contribution in [3.05, 3.63) is 17.5 Å². The molecule has 2 heterocycles. The molecule has 122 valence electrons. The predicted octanol–water partition coefficient (Wildman–Crippen LogP) is 3.37. The highest BCUT2D eigenvalue weighted by atomic mass is 15.4. The zero-order chi connectivity index (χ0) is 16.8. The average molecular weight is 314 g/mol. The van der Waals surface area contributed by atoms with E-state index in [0.717, 1.165) is 19.4 Å². The van der Waals surface area contributed by atoms with E-state index in [1.807, 2.05) is 6.92 Å². The summed E-state index contributed by atoms with van der Waals surface area (Å²) in [4.78, 5) is 0. The van der Waals surface area contributed by atoms with Gasteiger partial charge in [-0.05, 0) is 13.3 Å². The Morgan fingerprint density at radius 1 is 1.30 bits per heavy atom. The quantitative estimate of drug-likeness (QED) is 0.623. The SMILES string of the molecule is CCCCCCn1ncc(C#N)c1N=Nc1c(C)nn(C)c1N. The highest BCUT2D eigenvalue weighted by Crippen LogP contribution is 2.28. The maximum Gasteiger partial charge on any atom is 0.191 e. The molecule has 8 nitrogen and oxygen atoms in total. The normalized spacial score (nSPS) is 11.2. The van der Waals surface area contributed by atoms with E-state index in [-0.39, 0.29) is 0 Å². The Labute approximate surface area is 135 Å². The molecule has 0 saturated heterocycles. The van der Waals surface area contributed by atoms with Gasteiger partial charge in [-0.15, -0.1) is 10.2 Å². The van der Waals surface area contributed by atoms with Crippen LogP contribution in [0.1, 0.15) is 43.9 Å². The van der Waals surface area contributed by atoms with E-state index >= 15 is 0 Å². The molecule has 0 aliphatic rings. The van der Waals surface area contributed by atoms with E-state index in [4.69, 9.17) is 5.73 Å². The van der Waals surface area contributed by atoms with Crippen molar-refractivity contribution in [2.45, 2.75) is 46.1 Å². The minimum atomic E-state index is 0.407. The second-order valence-corrected chi connectivity index (χ2v) is 5.42. The number of rotatable bonds is 7. The summed E-state index contributed by atoms with van der Waals surface area (Å²) < 4.78 is 3.27. The summed E-state index contributed by atoms with van der Waals surface area (Å²) >= 11 is 0. The number of aryl methyl sites for hydroxylation is 3. The van der Waals surface area contributed by atoms with E-state index in [0.29, 0.717) is 28.6 Å². The minimum Gasteiger partial charge on any atom is -0.382 e. The lowest BCUT2D eigenvalue weighted by Gasteiger charge is -2.03. The fourth-order valence-corrected chi connectivity index (χ4v) is 2.30. The van der Waals surface area contributed by atoms with Crippen molar-refractivity contribution in [3.8, 4) is 6.07 Å². The van der Waals surface area contributed by atoms with Gasteiger partial charge in [0.1, 0.15) is 17.5 Å². The van der Waals surface area contributed by atoms with Crippen molar-refractivity contribution in [3.63, 3.8) is 0 Å². The zero-order valence-corrected chi connectivity index (χ0v) is 13.8. The molecule has 2 aromatic heterocycles. The van der Waals surface area contributed by atoms with Gasteiger partial charge in [0, 0.05) is 13.6 Å². The molecule has 2 aromatic rings. The van der Waals surface area contributed by atoms with Crippen LogP contribution in [0.4, 0.5) is 17.3 Å². The molecule has 0 fully saturated rings. The standard InChI is InChI=1S/C15H22N8/c1-4-5-6-7-8-23-15(12(9-16)10-18-23)20-19-13-11(2)21-22(3)14(13)17/h10H,4-8,17H2,1-3H3. The third-order valence-corrected chi connectivity index (χ3v) is 3.63. The van der Waals surface area contributed by atoms with Crippen LogP contribution in [0, 0.1) is 18.3 Å². The molecule has 0 amide bonds. The molecule has 23 heavy (non-hydrogen) atoms. The van der Waals surface area contributed by atoms with Gasteiger partial charge in [0.05, 0.1) is 11.9 Å². The molecule has 2 N–H and O–H groups in total. The first-order chi connectivity index (χ1) is 11.1. The predicted molar refractivity (Wildman–Crippen MR) is 87.6 cm³/mol. The summed E-state index contributed by atoms with van der Waals surface area (Å²) in [6.07, 6.45) is 6.01. The topological polar surface area (TPSA) is 110 Å². The van der Waals surface area contributed by atoms with E-state index < -0.39 is 0 Å². The molecule has 0 aliphatic heterocycles. The third kappa shape index (κ3) is 3.74. The average Bonchev–Trinajstić information content (AvgIpc) is 3.03. The van der Waals surface area contributed by atoms with Gasteiger partial charge in [-0.1, -0.05) is 26.2 Å². The zero-order valence-electron chi connectivity index (χ0n) is 13.8. The number of hydrogen-bond donors (Lipinski definition) is 1. The van der Waals surface area contributed by atoms with Gasteiger partial charge in [0.15, 0.2) is 11.5 Å². The number of nitriles is 1. The first-order valence-electron chi connectivity index (χ1n) is 7.75. The van der Waals surface area contributed by atoms with Crippen LogP contribution >= 0.6 is 0 Å². The Balaban J connectivity index is 2.22. The summed E-state index contributed by atoms with van der Waals surface area (Å²) in [5.41, 5.74) is 7.55. The van der Waals surface area contributed by atoms with Crippen molar-refractivity contribution in [1.82, 2.24) is 19.6 Å². The lowest BCUT2D eigenvalue weighted by atomic mass is 10.2. The lowest BCUT2D eigenvalue weighted by molar-refractivity contribution is 0.543. The number of nitrogens with two attached hydrogens (primary N) is 1. The van der Waals surface area contributed by atoms with Crippen LogP contribution < -0.4 is 5.73 Å². The summed E-state index contributed by atoms with van der Waals surface area (Å²) in [7, 11) is 1.75. The molecule has 8 heteroatoms. The first-order valence-corrected chi connectivity index (χ1v) is 7.75. The van der Waals surface area contributed by atoms with Crippen molar-refractivity contribution in [1.29, 1.82) is 5.26 Å². The number of nitrogens with zero attached hydrogens (tertiary/aromatic N) is 7. The van der Waals surface area contributed by atoms with Crippen LogP contribution in [0.3, 0.4) is 0 Å². The Morgan fingerprint density at radius 2 is 2.09 bits per heavy atom. The molecule has 0 radical (unpaired) electrons. The molecule has 0 unspecified atom stereocenters. The van der Waals surface area contributed by atoms with Crippen molar-refractivity contribution < 1.29 is 0 Å². The molecular weight excluding hydrogens is 292 g/mol. The summed E-state index contributed by atoms with van der Waals surface area (Å²) in [5, 5.41) is 26.0. The van der Waals surface area contributed by atoms with Gasteiger partial charge in [0.25, 0.3) is 0 Å². The molecule has 0 aromatic carbocycles. The Kier molecular flexibility index (Phi) is 5.46. The molecule has 2 rings (SSSR count). The number of aromatic nitrogens is 4. The summed E-state index contributed by atoms with van der Waals surface area (Å²) in [6, 6.07) is 2.10. The second-order valence-electron chi connectivity index (χ2n) is 5.42. The summed E-state index contributed by atoms with van der Waals surface area (Å²) in [5.74, 6) is 0.908. The number of azo groups is 1. The smallest absolute Gasteiger partial charge is 0.191 e. The van der Waals surface area contributed by atoms with Crippen molar-refractivity contribution in [2.24, 2.45) is 17.3 Å². The monoisotopic (exact) mass is 314 g/mol. The van der Waals surface area contributed by atoms with E-state index in [2.05, 4.69) is 33.4 Å². The highest BCUT2D eigenvalue weighted by Gasteiger charge is 2.13. The molecule has 0 aliphatic carbocycles. The van der Waals surface area contributed by atoms with E-state index in [1.54, 1.807) is 16.4 Å². The van der Waals surface area contributed by atoms with E-state index in [9.17, 15) is 5.26 Å². The van der Waals surface area contributed by atoms with Gasteiger partial charge < -0.3 is 5.73 Å². The Bertz CT molecular complexity index is 731. The lowest BCUT2D eigenvalue weighted by Crippen LogP contribution is -1.99. The van der Waals surface area contributed by atoms with E-state index in [1.165, 1.54) is 19.0 Å². The first kappa shape index (κ1) is 16.7. The van der Waals surface area contributed by atoms with Gasteiger partial charge in [-0.3, -0.25) is 4.68 Å². The van der Waals surface area contributed by atoms with Crippen molar-refractivity contribution in [2.75, 3.05) is 5.73 Å². The number of nitrogen functional groups attached to an aromatic ring is 1. The number of hydrogen-bond acceptors (Lipinski definition) is 6. The molecule has 0 spiro atoms. The van der Waals surface area contributed by atoms with Crippen LogP contribution in [0.5, 0.6) is 0 Å². The minimum absolute atomic E-state index is 0.407. The summed E-state index contributed by atoms with van der Waals surface area (Å²) in [6.45, 7) is 4.71. The van der Waals surface area contributed by atoms with Crippen LogP contribution in [-0.4, -0.2) is 19.6 Å². The molecule has 0 bridgehead atoms. The van der Waals surface area contributed by atoms with Gasteiger partial charge >= 0.3 is 0 Å². The molecular formula is C15H22N8. The Hall–Kier alpha value is -2.69. The Morgan fingerprint density at radius 3 is 2.70 bits per heavy atom. The van der Waals surface area contributed by atoms with Crippen molar-refractivity contribution >= 4 is 17.3 Å². The fourth-order valence-electron chi connectivity index (χ4n) is 2.30. The van der Waals surface area contributed by atoms with Crippen LogP contribution in [0.15, 0.2) is 16.4 Å². The van der Waals surface area contributed by atoms with Crippen LogP contribution in [-0.2, 0) is 13.6 Å². The maximum absolute atomic E-state index is 9.21. The number of anilines is 1. The maximum atomic E-state index is 9.21. The van der Waals surface area contributed by atoms with Gasteiger partial charge in [-0.25, -0.2) is 4.68 Å². The fraction of sp³-hybridized carbons (Fsp3) is 0.533. The van der Waals surface area contributed by atoms with Crippen LogP contribution in [0.25, 0.3) is 0 Å². The molecule has 0 atom stereocenters. The van der Waals surface area contributed by atoms with Gasteiger partial charge in [-0.2, -0.15) is 15.5 Å². The highest BCUT2D eigenvalue weighted by molar-refractivity contribution is 5.61.